The monoisotopic (exact) mass is 363 g/mol. The number of rotatable bonds is 3. The second-order valence-electron chi connectivity index (χ2n) is 7.58. The molecule has 0 N–H and O–H groups in total. The molecule has 1 aliphatic heterocycles. The third kappa shape index (κ3) is 4.09. The Morgan fingerprint density at radius 1 is 1.32 bits per heavy atom. The van der Waals surface area contributed by atoms with Gasteiger partial charge in [0.15, 0.2) is 0 Å². The van der Waals surface area contributed by atoms with Crippen LogP contribution in [-0.4, -0.2) is 38.7 Å². The van der Waals surface area contributed by atoms with Crippen LogP contribution in [-0.2, 0) is 17.2 Å². The van der Waals surface area contributed by atoms with E-state index in [0.717, 1.165) is 42.7 Å². The Bertz CT molecular complexity index is 751. The number of nitrogens with zero attached hydrogens (tertiary/aromatic N) is 3. The zero-order chi connectivity index (χ0) is 18.0. The van der Waals surface area contributed by atoms with Crippen LogP contribution in [0.3, 0.4) is 0 Å². The van der Waals surface area contributed by atoms with Gasteiger partial charge in [0.1, 0.15) is 11.4 Å². The predicted molar refractivity (Wildman–Crippen MR) is 99.9 cm³/mol. The van der Waals surface area contributed by atoms with E-state index in [1.165, 1.54) is 0 Å². The van der Waals surface area contributed by atoms with Crippen molar-refractivity contribution in [2.45, 2.75) is 64.1 Å². The molecule has 136 valence electrons. The molecule has 1 atom stereocenters. The molecule has 0 unspecified atom stereocenters. The third-order valence-electron chi connectivity index (χ3n) is 4.50. The Balaban J connectivity index is 1.86. The molecule has 6 heteroatoms. The molecular weight excluding hydrogens is 338 g/mol. The quantitative estimate of drug-likeness (QED) is 0.751. The van der Waals surface area contributed by atoms with Crippen molar-refractivity contribution in [3.05, 3.63) is 30.1 Å². The third-order valence-corrected chi connectivity index (χ3v) is 4.74. The van der Waals surface area contributed by atoms with Gasteiger partial charge in [0.25, 0.3) is 0 Å². The van der Waals surface area contributed by atoms with Gasteiger partial charge in [-0.2, -0.15) is 0 Å². The number of halogens is 1. The van der Waals surface area contributed by atoms with Gasteiger partial charge in [-0.05, 0) is 52.2 Å². The molecule has 0 radical (unpaired) electrons. The SMILES string of the molecule is CC(C)(C)OC(=O)N1CCCC[C@H]1Cn1c(CCl)nc2ccccc21. The van der Waals surface area contributed by atoms with Crippen LogP contribution in [0.1, 0.15) is 45.9 Å². The fourth-order valence-electron chi connectivity index (χ4n) is 3.39. The number of likely N-dealkylation sites (tertiary alicyclic amines) is 1. The maximum absolute atomic E-state index is 12.6. The number of carbonyl (C=O) groups excluding carboxylic acids is 1. The lowest BCUT2D eigenvalue weighted by Gasteiger charge is -2.37. The minimum Gasteiger partial charge on any atom is -0.444 e. The highest BCUT2D eigenvalue weighted by molar-refractivity contribution is 6.16. The first kappa shape index (κ1) is 18.1. The summed E-state index contributed by atoms with van der Waals surface area (Å²) < 4.78 is 7.76. The Kier molecular flexibility index (Phi) is 5.23. The van der Waals surface area contributed by atoms with Gasteiger partial charge in [-0.25, -0.2) is 9.78 Å². The van der Waals surface area contributed by atoms with Gasteiger partial charge in [-0.3, -0.25) is 0 Å². The van der Waals surface area contributed by atoms with E-state index in [1.54, 1.807) is 0 Å². The van der Waals surface area contributed by atoms with Crippen LogP contribution in [0.15, 0.2) is 24.3 Å². The number of hydrogen-bond acceptors (Lipinski definition) is 3. The number of ether oxygens (including phenoxy) is 1. The number of hydrogen-bond donors (Lipinski definition) is 0. The minimum atomic E-state index is -0.484. The van der Waals surface area contributed by atoms with E-state index in [4.69, 9.17) is 16.3 Å². The van der Waals surface area contributed by atoms with Crippen molar-refractivity contribution in [1.29, 1.82) is 0 Å². The molecule has 0 spiro atoms. The zero-order valence-electron chi connectivity index (χ0n) is 15.2. The molecule has 1 aliphatic rings. The van der Waals surface area contributed by atoms with Gasteiger partial charge in [0, 0.05) is 13.1 Å². The lowest BCUT2D eigenvalue weighted by Crippen LogP contribution is -2.48. The number of benzene rings is 1. The van der Waals surface area contributed by atoms with Crippen molar-refractivity contribution in [2.24, 2.45) is 0 Å². The van der Waals surface area contributed by atoms with Crippen LogP contribution in [0.4, 0.5) is 4.79 Å². The fraction of sp³-hybridized carbons (Fsp3) is 0.579. The molecule has 0 aliphatic carbocycles. The molecule has 1 saturated heterocycles. The average Bonchev–Trinajstić information content (AvgIpc) is 2.92. The number of fused-ring (bicyclic) bond motifs is 1. The highest BCUT2D eigenvalue weighted by atomic mass is 35.5. The molecule has 25 heavy (non-hydrogen) atoms. The van der Waals surface area contributed by atoms with E-state index < -0.39 is 5.60 Å². The van der Waals surface area contributed by atoms with Crippen LogP contribution >= 0.6 is 11.6 Å². The van der Waals surface area contributed by atoms with Crippen molar-refractivity contribution in [3.8, 4) is 0 Å². The lowest BCUT2D eigenvalue weighted by molar-refractivity contribution is 0.00785. The van der Waals surface area contributed by atoms with Crippen LogP contribution in [0.5, 0.6) is 0 Å². The Morgan fingerprint density at radius 3 is 2.80 bits per heavy atom. The van der Waals surface area contributed by atoms with E-state index in [-0.39, 0.29) is 12.1 Å². The van der Waals surface area contributed by atoms with Gasteiger partial charge < -0.3 is 14.2 Å². The number of amides is 1. The lowest BCUT2D eigenvalue weighted by atomic mass is 10.0. The molecule has 1 fully saturated rings. The number of aromatic nitrogens is 2. The summed E-state index contributed by atoms with van der Waals surface area (Å²) in [5, 5.41) is 0. The summed E-state index contributed by atoms with van der Waals surface area (Å²) in [5.74, 6) is 1.20. The molecule has 0 saturated carbocycles. The summed E-state index contributed by atoms with van der Waals surface area (Å²) in [4.78, 5) is 19.1. The second kappa shape index (κ2) is 7.24. The first-order valence-corrected chi connectivity index (χ1v) is 9.42. The molecule has 1 aromatic heterocycles. The highest BCUT2D eigenvalue weighted by Gasteiger charge is 2.31. The molecule has 0 bridgehead atoms. The van der Waals surface area contributed by atoms with Crippen LogP contribution in [0.2, 0.25) is 0 Å². The molecule has 2 aromatic rings. The van der Waals surface area contributed by atoms with Crippen LogP contribution in [0.25, 0.3) is 11.0 Å². The summed E-state index contributed by atoms with van der Waals surface area (Å²) in [7, 11) is 0. The van der Waals surface area contributed by atoms with Crippen molar-refractivity contribution in [1.82, 2.24) is 14.5 Å². The number of imidazole rings is 1. The van der Waals surface area contributed by atoms with E-state index in [2.05, 4.69) is 15.6 Å². The number of piperidine rings is 1. The summed E-state index contributed by atoms with van der Waals surface area (Å²) in [6.07, 6.45) is 2.87. The fourth-order valence-corrected chi connectivity index (χ4v) is 3.60. The minimum absolute atomic E-state index is 0.100. The molecule has 1 aromatic carbocycles. The van der Waals surface area contributed by atoms with E-state index in [9.17, 15) is 4.79 Å². The van der Waals surface area contributed by atoms with Gasteiger partial charge in [0.2, 0.25) is 0 Å². The molecule has 3 rings (SSSR count). The normalized spacial score (nSPS) is 18.6. The summed E-state index contributed by atoms with van der Waals surface area (Å²) >= 11 is 6.12. The van der Waals surface area contributed by atoms with Crippen molar-refractivity contribution < 1.29 is 9.53 Å². The summed E-state index contributed by atoms with van der Waals surface area (Å²) in [5.41, 5.74) is 1.52. The van der Waals surface area contributed by atoms with Crippen LogP contribution in [0, 0.1) is 0 Å². The van der Waals surface area contributed by atoms with Gasteiger partial charge >= 0.3 is 6.09 Å². The maximum Gasteiger partial charge on any atom is 0.410 e. The standard InChI is InChI=1S/C19H26ClN3O2/c1-19(2,3)25-18(24)22-11-7-6-8-14(22)13-23-16-10-5-4-9-15(16)21-17(23)12-20/h4-5,9-10,14H,6-8,11-13H2,1-3H3/t14-/m0/s1. The van der Waals surface area contributed by atoms with Crippen molar-refractivity contribution >= 4 is 28.7 Å². The molecular formula is C19H26ClN3O2. The van der Waals surface area contributed by atoms with Crippen LogP contribution < -0.4 is 0 Å². The predicted octanol–water partition coefficient (Wildman–Crippen LogP) is 4.56. The number of para-hydroxylation sites is 2. The first-order chi connectivity index (χ1) is 11.9. The smallest absolute Gasteiger partial charge is 0.410 e. The first-order valence-electron chi connectivity index (χ1n) is 8.89. The van der Waals surface area contributed by atoms with Crippen molar-refractivity contribution in [2.75, 3.05) is 6.54 Å². The largest absolute Gasteiger partial charge is 0.444 e. The molecule has 2 heterocycles. The topological polar surface area (TPSA) is 47.4 Å². The highest BCUT2D eigenvalue weighted by Crippen LogP contribution is 2.25. The van der Waals surface area contributed by atoms with Gasteiger partial charge in [-0.15, -0.1) is 11.6 Å². The number of carbonyl (C=O) groups is 1. The Morgan fingerprint density at radius 2 is 2.08 bits per heavy atom. The Labute approximate surface area is 153 Å². The van der Waals surface area contributed by atoms with E-state index in [1.807, 2.05) is 43.9 Å². The van der Waals surface area contributed by atoms with Gasteiger partial charge in [0.05, 0.1) is 23.0 Å². The van der Waals surface area contributed by atoms with Gasteiger partial charge in [-0.1, -0.05) is 12.1 Å². The average molecular weight is 364 g/mol. The maximum atomic E-state index is 12.6. The molecule has 5 nitrogen and oxygen atoms in total. The van der Waals surface area contributed by atoms with E-state index >= 15 is 0 Å². The number of alkyl halides is 1. The second-order valence-corrected chi connectivity index (χ2v) is 7.85. The zero-order valence-corrected chi connectivity index (χ0v) is 15.9. The Hall–Kier alpha value is -1.75. The van der Waals surface area contributed by atoms with E-state index in [0.29, 0.717) is 12.4 Å². The van der Waals surface area contributed by atoms with Crippen molar-refractivity contribution in [3.63, 3.8) is 0 Å². The summed E-state index contributed by atoms with van der Waals surface area (Å²) in [6, 6.07) is 8.13. The molecule has 1 amide bonds. The summed E-state index contributed by atoms with van der Waals surface area (Å²) in [6.45, 7) is 7.14.